The highest BCUT2D eigenvalue weighted by Crippen LogP contribution is 2.21. The molecule has 18 heavy (non-hydrogen) atoms. The molecule has 0 spiro atoms. The standard InChI is InChI=1S/C14H11FN2O/c15-13-6-3-7-14(17-13)16-8-10-9-18-12-5-2-1-4-11(10)12/h1-7,9H,8H2,(H,16,17). The minimum atomic E-state index is -0.489. The molecule has 0 amide bonds. The van der Waals surface area contributed by atoms with Crippen LogP contribution >= 0.6 is 0 Å². The molecule has 90 valence electrons. The summed E-state index contributed by atoms with van der Waals surface area (Å²) in [4.78, 5) is 3.74. The second kappa shape index (κ2) is 4.49. The van der Waals surface area contributed by atoms with Crippen molar-refractivity contribution < 1.29 is 8.81 Å². The topological polar surface area (TPSA) is 38.1 Å². The van der Waals surface area contributed by atoms with Gasteiger partial charge in [-0.2, -0.15) is 4.39 Å². The van der Waals surface area contributed by atoms with Crippen LogP contribution in [0.15, 0.2) is 53.1 Å². The molecule has 0 aliphatic carbocycles. The van der Waals surface area contributed by atoms with Crippen molar-refractivity contribution in [2.45, 2.75) is 6.54 Å². The second-order valence-electron chi connectivity index (χ2n) is 3.96. The third-order valence-corrected chi connectivity index (χ3v) is 2.74. The van der Waals surface area contributed by atoms with E-state index in [1.54, 1.807) is 18.4 Å². The van der Waals surface area contributed by atoms with Crippen LogP contribution < -0.4 is 5.32 Å². The van der Waals surface area contributed by atoms with Crippen molar-refractivity contribution >= 4 is 16.8 Å². The van der Waals surface area contributed by atoms with Gasteiger partial charge in [-0.3, -0.25) is 0 Å². The van der Waals surface area contributed by atoms with Gasteiger partial charge in [0.25, 0.3) is 0 Å². The summed E-state index contributed by atoms with van der Waals surface area (Å²) >= 11 is 0. The number of pyridine rings is 1. The van der Waals surface area contributed by atoms with Gasteiger partial charge in [-0.05, 0) is 18.2 Å². The number of nitrogens with one attached hydrogen (secondary N) is 1. The molecular formula is C14H11FN2O. The van der Waals surface area contributed by atoms with E-state index in [2.05, 4.69) is 10.3 Å². The lowest BCUT2D eigenvalue weighted by Crippen LogP contribution is -2.01. The number of halogens is 1. The second-order valence-corrected chi connectivity index (χ2v) is 3.96. The predicted octanol–water partition coefficient (Wildman–Crippen LogP) is 3.58. The molecule has 0 atom stereocenters. The van der Waals surface area contributed by atoms with Gasteiger partial charge in [0.05, 0.1) is 6.26 Å². The zero-order valence-electron chi connectivity index (χ0n) is 9.56. The molecule has 1 N–H and O–H groups in total. The number of benzene rings is 1. The Labute approximate surface area is 103 Å². The van der Waals surface area contributed by atoms with E-state index in [1.165, 1.54) is 6.07 Å². The molecule has 0 bridgehead atoms. The van der Waals surface area contributed by atoms with Gasteiger partial charge in [-0.15, -0.1) is 0 Å². The van der Waals surface area contributed by atoms with Crippen molar-refractivity contribution in [3.63, 3.8) is 0 Å². The summed E-state index contributed by atoms with van der Waals surface area (Å²) in [5, 5.41) is 4.13. The zero-order valence-corrected chi connectivity index (χ0v) is 9.56. The number of para-hydroxylation sites is 1. The fourth-order valence-corrected chi connectivity index (χ4v) is 1.86. The molecule has 2 aromatic heterocycles. The maximum absolute atomic E-state index is 12.9. The molecular weight excluding hydrogens is 231 g/mol. The van der Waals surface area contributed by atoms with Crippen molar-refractivity contribution in [1.82, 2.24) is 4.98 Å². The SMILES string of the molecule is Fc1cccc(NCc2coc3ccccc23)n1. The summed E-state index contributed by atoms with van der Waals surface area (Å²) < 4.78 is 18.3. The van der Waals surface area contributed by atoms with Gasteiger partial charge >= 0.3 is 0 Å². The van der Waals surface area contributed by atoms with Crippen LogP contribution in [-0.2, 0) is 6.54 Å². The van der Waals surface area contributed by atoms with Crippen molar-refractivity contribution in [3.8, 4) is 0 Å². The first-order valence-electron chi connectivity index (χ1n) is 5.64. The van der Waals surface area contributed by atoms with Crippen LogP contribution in [0.1, 0.15) is 5.56 Å². The normalized spacial score (nSPS) is 10.7. The average molecular weight is 242 g/mol. The van der Waals surface area contributed by atoms with E-state index in [1.807, 2.05) is 24.3 Å². The third kappa shape index (κ3) is 2.05. The van der Waals surface area contributed by atoms with Crippen LogP contribution in [0.3, 0.4) is 0 Å². The van der Waals surface area contributed by atoms with Gasteiger partial charge in [0.1, 0.15) is 11.4 Å². The number of fused-ring (bicyclic) bond motifs is 1. The zero-order chi connectivity index (χ0) is 12.4. The Balaban J connectivity index is 1.81. The van der Waals surface area contributed by atoms with E-state index in [9.17, 15) is 4.39 Å². The molecule has 3 aromatic rings. The Kier molecular flexibility index (Phi) is 2.68. The van der Waals surface area contributed by atoms with Crippen LogP contribution in [0.25, 0.3) is 11.0 Å². The quantitative estimate of drug-likeness (QED) is 0.713. The minimum Gasteiger partial charge on any atom is -0.464 e. The number of aromatic nitrogens is 1. The molecule has 0 aliphatic heterocycles. The Morgan fingerprint density at radius 1 is 1.11 bits per heavy atom. The van der Waals surface area contributed by atoms with Gasteiger partial charge in [0.15, 0.2) is 0 Å². The molecule has 0 saturated carbocycles. The Morgan fingerprint density at radius 2 is 2.00 bits per heavy atom. The number of hydrogen-bond donors (Lipinski definition) is 1. The highest BCUT2D eigenvalue weighted by Gasteiger charge is 2.05. The van der Waals surface area contributed by atoms with Crippen LogP contribution in [0.5, 0.6) is 0 Å². The van der Waals surface area contributed by atoms with E-state index in [0.717, 1.165) is 16.5 Å². The fourth-order valence-electron chi connectivity index (χ4n) is 1.86. The van der Waals surface area contributed by atoms with E-state index in [4.69, 9.17) is 4.42 Å². The number of hydrogen-bond acceptors (Lipinski definition) is 3. The van der Waals surface area contributed by atoms with Crippen LogP contribution in [0, 0.1) is 5.95 Å². The molecule has 4 heteroatoms. The molecule has 3 rings (SSSR count). The maximum Gasteiger partial charge on any atom is 0.214 e. The molecule has 0 radical (unpaired) electrons. The van der Waals surface area contributed by atoms with Crippen molar-refractivity contribution in [3.05, 3.63) is 60.2 Å². The molecule has 0 unspecified atom stereocenters. The van der Waals surface area contributed by atoms with Gasteiger partial charge in [-0.25, -0.2) is 4.98 Å². The molecule has 0 aliphatic rings. The number of nitrogens with zero attached hydrogens (tertiary/aromatic N) is 1. The smallest absolute Gasteiger partial charge is 0.214 e. The summed E-state index contributed by atoms with van der Waals surface area (Å²) in [5.74, 6) is 0.0253. The molecule has 0 saturated heterocycles. The van der Waals surface area contributed by atoms with Crippen molar-refractivity contribution in [2.75, 3.05) is 5.32 Å². The van der Waals surface area contributed by atoms with E-state index < -0.39 is 5.95 Å². The van der Waals surface area contributed by atoms with Crippen LogP contribution in [0.4, 0.5) is 10.2 Å². The largest absolute Gasteiger partial charge is 0.464 e. The molecule has 3 nitrogen and oxygen atoms in total. The van der Waals surface area contributed by atoms with Crippen LogP contribution in [-0.4, -0.2) is 4.98 Å². The number of rotatable bonds is 3. The fraction of sp³-hybridized carbons (Fsp3) is 0.0714. The van der Waals surface area contributed by atoms with Gasteiger partial charge in [0.2, 0.25) is 5.95 Å². The molecule has 0 fully saturated rings. The highest BCUT2D eigenvalue weighted by atomic mass is 19.1. The van der Waals surface area contributed by atoms with E-state index in [0.29, 0.717) is 12.4 Å². The van der Waals surface area contributed by atoms with Gasteiger partial charge < -0.3 is 9.73 Å². The Morgan fingerprint density at radius 3 is 2.89 bits per heavy atom. The lowest BCUT2D eigenvalue weighted by atomic mass is 10.2. The first-order valence-corrected chi connectivity index (χ1v) is 5.64. The van der Waals surface area contributed by atoms with Gasteiger partial charge in [0, 0.05) is 17.5 Å². The van der Waals surface area contributed by atoms with Crippen molar-refractivity contribution in [2.24, 2.45) is 0 Å². The summed E-state index contributed by atoms with van der Waals surface area (Å²) in [6.07, 6.45) is 1.71. The molecule has 2 heterocycles. The predicted molar refractivity (Wildman–Crippen MR) is 67.7 cm³/mol. The summed E-state index contributed by atoms with van der Waals surface area (Å²) in [6.45, 7) is 0.549. The monoisotopic (exact) mass is 242 g/mol. The minimum absolute atomic E-state index is 0.489. The van der Waals surface area contributed by atoms with E-state index >= 15 is 0 Å². The van der Waals surface area contributed by atoms with E-state index in [-0.39, 0.29) is 0 Å². The first kappa shape index (κ1) is 10.8. The lowest BCUT2D eigenvalue weighted by molar-refractivity contribution is 0.585. The summed E-state index contributed by atoms with van der Waals surface area (Å²) in [7, 11) is 0. The van der Waals surface area contributed by atoms with Gasteiger partial charge in [-0.1, -0.05) is 24.3 Å². The van der Waals surface area contributed by atoms with Crippen LogP contribution in [0.2, 0.25) is 0 Å². The summed E-state index contributed by atoms with van der Waals surface area (Å²) in [5.41, 5.74) is 1.87. The Hall–Kier alpha value is -2.36. The van der Waals surface area contributed by atoms with Crippen molar-refractivity contribution in [1.29, 1.82) is 0 Å². The molecule has 1 aromatic carbocycles. The number of anilines is 1. The Bertz CT molecular complexity index is 678. The lowest BCUT2D eigenvalue weighted by Gasteiger charge is -2.03. The summed E-state index contributed by atoms with van der Waals surface area (Å²) in [6, 6.07) is 12.5. The first-order chi connectivity index (χ1) is 8.83. The maximum atomic E-state index is 12.9. The number of furan rings is 1. The average Bonchev–Trinajstić information content (AvgIpc) is 2.80. The highest BCUT2D eigenvalue weighted by molar-refractivity contribution is 5.81. The third-order valence-electron chi connectivity index (χ3n) is 2.74.